The van der Waals surface area contributed by atoms with E-state index in [-0.39, 0.29) is 5.91 Å². The van der Waals surface area contributed by atoms with Gasteiger partial charge < -0.3 is 20.7 Å². The molecule has 41 heavy (non-hydrogen) atoms. The number of pyridine rings is 2. The maximum absolute atomic E-state index is 11.1. The number of ether oxygens (including phenoxy) is 1. The van der Waals surface area contributed by atoms with Crippen molar-refractivity contribution in [3.8, 4) is 23.0 Å². The lowest BCUT2D eigenvalue weighted by Gasteiger charge is -2.30. The van der Waals surface area contributed by atoms with Gasteiger partial charge in [-0.15, -0.1) is 0 Å². The molecule has 1 aromatic carbocycles. The van der Waals surface area contributed by atoms with Crippen LogP contribution in [0.2, 0.25) is 0 Å². The number of nitrogens with one attached hydrogen (secondary N) is 1. The average molecular weight is 552 g/mol. The fraction of sp³-hybridized carbons (Fsp3) is 0.375. The lowest BCUT2D eigenvalue weighted by atomic mass is 10.1. The number of hydrogen-bond acceptors (Lipinski definition) is 7. The summed E-state index contributed by atoms with van der Waals surface area (Å²) in [6, 6.07) is 14.9. The quantitative estimate of drug-likeness (QED) is 0.340. The van der Waals surface area contributed by atoms with Crippen LogP contribution < -0.4 is 15.8 Å². The number of rotatable bonds is 6. The third-order valence-corrected chi connectivity index (χ3v) is 8.10. The molecule has 0 spiro atoms. The highest BCUT2D eigenvalue weighted by Crippen LogP contribution is 2.34. The topological polar surface area (TPSA) is 111 Å². The summed E-state index contributed by atoms with van der Waals surface area (Å²) in [5.41, 5.74) is 12.5. The van der Waals surface area contributed by atoms with Gasteiger partial charge in [-0.1, -0.05) is 12.6 Å². The monoisotopic (exact) mass is 551 g/mol. The summed E-state index contributed by atoms with van der Waals surface area (Å²) in [6.07, 6.45) is 11.2. The van der Waals surface area contributed by atoms with Crippen LogP contribution in [0, 0.1) is 0 Å². The number of aromatic nitrogens is 4. The molecule has 4 heterocycles. The van der Waals surface area contributed by atoms with Gasteiger partial charge in [-0.25, -0.2) is 9.97 Å². The molecule has 2 fully saturated rings. The third kappa shape index (κ3) is 5.81. The van der Waals surface area contributed by atoms with E-state index >= 15 is 0 Å². The Kier molecular flexibility index (Phi) is 7.69. The number of likely N-dealkylation sites (tertiary alicyclic amines) is 1. The van der Waals surface area contributed by atoms with E-state index in [1.54, 1.807) is 6.20 Å². The SMILES string of the molecule is C=CC(=O)N1CCC(NC)CC1.Nc1ncccc1-c1nc2ccc(OC3CC3)nc2n1-c1ccc2c(c1)CCC2. The molecule has 2 aliphatic carbocycles. The van der Waals surface area contributed by atoms with Crippen molar-refractivity contribution in [2.45, 2.75) is 57.1 Å². The van der Waals surface area contributed by atoms with Gasteiger partial charge >= 0.3 is 0 Å². The summed E-state index contributed by atoms with van der Waals surface area (Å²) in [7, 11) is 1.97. The Morgan fingerprint density at radius 1 is 1.07 bits per heavy atom. The Bertz CT molecular complexity index is 1570. The zero-order valence-corrected chi connectivity index (χ0v) is 23.6. The Balaban J connectivity index is 0.000000213. The maximum atomic E-state index is 11.1. The lowest BCUT2D eigenvalue weighted by Crippen LogP contribution is -2.43. The van der Waals surface area contributed by atoms with Gasteiger partial charge in [0.2, 0.25) is 11.8 Å². The first kappa shape index (κ1) is 27.0. The Morgan fingerprint density at radius 2 is 1.88 bits per heavy atom. The second-order valence-electron chi connectivity index (χ2n) is 10.9. The summed E-state index contributed by atoms with van der Waals surface area (Å²) >= 11 is 0. The Labute approximate surface area is 240 Å². The predicted octanol–water partition coefficient (Wildman–Crippen LogP) is 4.48. The van der Waals surface area contributed by atoms with E-state index in [4.69, 9.17) is 20.4 Å². The van der Waals surface area contributed by atoms with E-state index in [1.165, 1.54) is 23.6 Å². The molecule has 9 heteroatoms. The van der Waals surface area contributed by atoms with Gasteiger partial charge in [0.15, 0.2) is 11.5 Å². The second kappa shape index (κ2) is 11.7. The fourth-order valence-corrected chi connectivity index (χ4v) is 5.61. The van der Waals surface area contributed by atoms with Crippen molar-refractivity contribution in [2.24, 2.45) is 0 Å². The zero-order chi connectivity index (χ0) is 28.3. The number of imidazole rings is 1. The highest BCUT2D eigenvalue weighted by Gasteiger charge is 2.25. The Hall–Kier alpha value is -4.24. The molecule has 3 aromatic heterocycles. The second-order valence-corrected chi connectivity index (χ2v) is 10.9. The van der Waals surface area contributed by atoms with Gasteiger partial charge in [-0.05, 0) is 99.5 Å². The molecule has 4 aromatic rings. The summed E-state index contributed by atoms with van der Waals surface area (Å²) in [6.45, 7) is 5.18. The van der Waals surface area contributed by atoms with Crippen molar-refractivity contribution in [3.63, 3.8) is 0 Å². The van der Waals surface area contributed by atoms with Crippen molar-refractivity contribution in [2.75, 3.05) is 25.9 Å². The number of carbonyl (C=O) groups is 1. The highest BCUT2D eigenvalue weighted by molar-refractivity contribution is 5.87. The van der Waals surface area contributed by atoms with E-state index in [2.05, 4.69) is 39.6 Å². The molecule has 3 N–H and O–H groups in total. The largest absolute Gasteiger partial charge is 0.474 e. The summed E-state index contributed by atoms with van der Waals surface area (Å²) in [5.74, 6) is 1.91. The van der Waals surface area contributed by atoms with Gasteiger partial charge in [-0.3, -0.25) is 9.36 Å². The summed E-state index contributed by atoms with van der Waals surface area (Å²) in [5, 5.41) is 3.22. The highest BCUT2D eigenvalue weighted by atomic mass is 16.5. The number of nitrogen functional groups attached to an aromatic ring is 1. The van der Waals surface area contributed by atoms with Crippen LogP contribution in [0.5, 0.6) is 5.88 Å². The van der Waals surface area contributed by atoms with Crippen LogP contribution in [0.25, 0.3) is 28.2 Å². The van der Waals surface area contributed by atoms with Crippen LogP contribution in [-0.2, 0) is 17.6 Å². The average Bonchev–Trinajstić information content (AvgIpc) is 3.56. The summed E-state index contributed by atoms with van der Waals surface area (Å²) < 4.78 is 8.03. The molecular formula is C32H37N7O2. The van der Waals surface area contributed by atoms with Crippen molar-refractivity contribution >= 4 is 22.9 Å². The van der Waals surface area contributed by atoms with Crippen molar-refractivity contribution in [1.82, 2.24) is 29.7 Å². The molecule has 7 rings (SSSR count). The number of carbonyl (C=O) groups excluding carboxylic acids is 1. The number of hydrogen-bond donors (Lipinski definition) is 2. The molecule has 212 valence electrons. The number of benzene rings is 1. The molecule has 0 atom stereocenters. The van der Waals surface area contributed by atoms with Gasteiger partial charge in [0.25, 0.3) is 0 Å². The molecule has 0 unspecified atom stereocenters. The van der Waals surface area contributed by atoms with E-state index < -0.39 is 0 Å². The van der Waals surface area contributed by atoms with Gasteiger partial charge in [0.05, 0.1) is 5.56 Å². The summed E-state index contributed by atoms with van der Waals surface area (Å²) in [4.78, 5) is 27.0. The minimum Gasteiger partial charge on any atom is -0.474 e. The fourth-order valence-electron chi connectivity index (χ4n) is 5.61. The van der Waals surface area contributed by atoms with E-state index in [0.29, 0.717) is 23.8 Å². The molecule has 1 aliphatic heterocycles. The molecule has 1 saturated carbocycles. The molecule has 0 bridgehead atoms. The first-order chi connectivity index (χ1) is 20.0. The van der Waals surface area contributed by atoms with Crippen molar-refractivity contribution in [3.05, 3.63) is 72.4 Å². The molecule has 3 aliphatic rings. The zero-order valence-electron chi connectivity index (χ0n) is 23.6. The van der Waals surface area contributed by atoms with Gasteiger partial charge in [0.1, 0.15) is 17.4 Å². The molecule has 9 nitrogen and oxygen atoms in total. The molecule has 1 amide bonds. The standard InChI is InChI=1S/C23H21N5O.C9H16N2O/c24-21-18(5-2-12-25-21)22-26-19-10-11-20(29-17-8-9-17)27-23(19)28(22)16-7-6-14-3-1-4-15(14)13-16;1-3-9(12)11-6-4-8(10-2)5-7-11/h2,5-7,10-13,17H,1,3-4,8-9H2,(H2,24,25);3,8,10H,1,4-7H2,2H3. The smallest absolute Gasteiger partial charge is 0.245 e. The van der Waals surface area contributed by atoms with Gasteiger partial charge in [-0.2, -0.15) is 4.98 Å². The first-order valence-electron chi connectivity index (χ1n) is 14.5. The van der Waals surface area contributed by atoms with Crippen LogP contribution >= 0.6 is 0 Å². The van der Waals surface area contributed by atoms with Crippen molar-refractivity contribution in [1.29, 1.82) is 0 Å². The van der Waals surface area contributed by atoms with Crippen LogP contribution in [0.15, 0.2) is 61.3 Å². The van der Waals surface area contributed by atoms with E-state index in [1.807, 2.05) is 36.2 Å². The number of nitrogens with two attached hydrogens (primary N) is 1. The van der Waals surface area contributed by atoms with Crippen LogP contribution in [-0.4, -0.2) is 62.6 Å². The first-order valence-corrected chi connectivity index (χ1v) is 14.5. The van der Waals surface area contributed by atoms with E-state index in [0.717, 1.165) is 79.9 Å². The van der Waals surface area contributed by atoms with E-state index in [9.17, 15) is 4.79 Å². The number of amides is 1. The van der Waals surface area contributed by atoms with Crippen molar-refractivity contribution < 1.29 is 9.53 Å². The normalized spacial score (nSPS) is 16.7. The van der Waals surface area contributed by atoms with Crippen LogP contribution in [0.3, 0.4) is 0 Å². The number of piperidine rings is 1. The number of nitrogens with zero attached hydrogens (tertiary/aromatic N) is 5. The lowest BCUT2D eigenvalue weighted by molar-refractivity contribution is -0.127. The number of fused-ring (bicyclic) bond motifs is 2. The van der Waals surface area contributed by atoms with Crippen LogP contribution in [0.4, 0.5) is 5.82 Å². The maximum Gasteiger partial charge on any atom is 0.245 e. The number of anilines is 1. The Morgan fingerprint density at radius 3 is 2.61 bits per heavy atom. The molecular weight excluding hydrogens is 514 g/mol. The number of aryl methyl sites for hydroxylation is 2. The third-order valence-electron chi connectivity index (χ3n) is 8.10. The minimum absolute atomic E-state index is 0.0598. The predicted molar refractivity (Wildman–Crippen MR) is 161 cm³/mol. The molecule has 0 radical (unpaired) electrons. The van der Waals surface area contributed by atoms with Crippen LogP contribution in [0.1, 0.15) is 43.2 Å². The minimum atomic E-state index is 0.0598. The van der Waals surface area contributed by atoms with Gasteiger partial charge in [0, 0.05) is 37.1 Å². The molecule has 1 saturated heterocycles.